The maximum absolute atomic E-state index is 12.0. The molecule has 0 aromatic carbocycles. The van der Waals surface area contributed by atoms with Crippen LogP contribution in [0.25, 0.3) is 0 Å². The Balaban J connectivity index is 2.00. The van der Waals surface area contributed by atoms with Crippen LogP contribution in [0, 0.1) is 5.92 Å². The average molecular weight is 299 g/mol. The summed E-state index contributed by atoms with van der Waals surface area (Å²) in [5, 5.41) is 10.9. The first-order chi connectivity index (χ1) is 9.24. The van der Waals surface area contributed by atoms with Crippen molar-refractivity contribution >= 4 is 6.09 Å². The van der Waals surface area contributed by atoms with Crippen molar-refractivity contribution in [1.29, 1.82) is 0 Å². The Morgan fingerprint density at radius 2 is 1.76 bits per heavy atom. The molecule has 1 unspecified atom stereocenters. The van der Waals surface area contributed by atoms with E-state index in [9.17, 15) is 9.90 Å². The molecule has 1 amide bonds. The summed E-state index contributed by atoms with van der Waals surface area (Å²) in [6.07, 6.45) is 0.432. The summed E-state index contributed by atoms with van der Waals surface area (Å²) in [4.78, 5) is 13.6. The summed E-state index contributed by atoms with van der Waals surface area (Å²) in [7, 11) is 0. The SMILES string of the molecule is CC(C)(C)OC(=O)N1CC(O)(C2CC(C)(C)OC2(C)C)C1. The summed E-state index contributed by atoms with van der Waals surface area (Å²) in [6, 6.07) is 0. The highest BCUT2D eigenvalue weighted by atomic mass is 16.6. The van der Waals surface area contributed by atoms with Crippen LogP contribution in [0.2, 0.25) is 0 Å². The van der Waals surface area contributed by atoms with Crippen molar-refractivity contribution in [2.75, 3.05) is 13.1 Å². The number of hydrogen-bond donors (Lipinski definition) is 1. The van der Waals surface area contributed by atoms with E-state index in [0.717, 1.165) is 6.42 Å². The minimum atomic E-state index is -0.881. The van der Waals surface area contributed by atoms with E-state index in [2.05, 4.69) is 0 Å². The second-order valence-corrected chi connectivity index (χ2v) is 8.66. The number of hydrogen-bond acceptors (Lipinski definition) is 4. The van der Waals surface area contributed by atoms with Crippen LogP contribution in [0.1, 0.15) is 54.9 Å². The Morgan fingerprint density at radius 3 is 2.14 bits per heavy atom. The molecular weight excluding hydrogens is 270 g/mol. The van der Waals surface area contributed by atoms with Gasteiger partial charge in [-0.3, -0.25) is 0 Å². The van der Waals surface area contributed by atoms with Crippen molar-refractivity contribution in [3.05, 3.63) is 0 Å². The Labute approximate surface area is 127 Å². The first-order valence-electron chi connectivity index (χ1n) is 7.65. The zero-order valence-corrected chi connectivity index (χ0v) is 14.3. The fourth-order valence-corrected chi connectivity index (χ4v) is 3.69. The molecule has 1 N–H and O–H groups in total. The molecule has 2 aliphatic heterocycles. The third-order valence-electron chi connectivity index (χ3n) is 4.30. The molecule has 0 aromatic rings. The number of likely N-dealkylation sites (tertiary alicyclic amines) is 1. The van der Waals surface area contributed by atoms with Gasteiger partial charge in [0.1, 0.15) is 11.2 Å². The number of ether oxygens (including phenoxy) is 2. The zero-order chi connectivity index (χ0) is 16.3. The van der Waals surface area contributed by atoms with Crippen LogP contribution in [0.15, 0.2) is 0 Å². The van der Waals surface area contributed by atoms with Gasteiger partial charge in [-0.05, 0) is 54.9 Å². The smallest absolute Gasteiger partial charge is 0.410 e. The van der Waals surface area contributed by atoms with Gasteiger partial charge in [-0.15, -0.1) is 0 Å². The first kappa shape index (κ1) is 16.6. The van der Waals surface area contributed by atoms with E-state index in [1.807, 2.05) is 48.5 Å². The number of rotatable bonds is 1. The lowest BCUT2D eigenvalue weighted by atomic mass is 9.71. The molecule has 0 saturated carbocycles. The maximum atomic E-state index is 12.0. The molecule has 0 spiro atoms. The van der Waals surface area contributed by atoms with Crippen molar-refractivity contribution in [1.82, 2.24) is 4.90 Å². The van der Waals surface area contributed by atoms with Crippen molar-refractivity contribution in [2.45, 2.75) is 77.3 Å². The predicted octanol–water partition coefficient (Wildman–Crippen LogP) is 2.56. The van der Waals surface area contributed by atoms with Crippen molar-refractivity contribution < 1.29 is 19.4 Å². The molecule has 2 rings (SSSR count). The van der Waals surface area contributed by atoms with E-state index in [0.29, 0.717) is 13.1 Å². The second kappa shape index (κ2) is 4.59. The molecule has 2 aliphatic rings. The number of carbonyl (C=O) groups excluding carboxylic acids is 1. The summed E-state index contributed by atoms with van der Waals surface area (Å²) >= 11 is 0. The topological polar surface area (TPSA) is 59.0 Å². The van der Waals surface area contributed by atoms with Crippen LogP contribution in [0.4, 0.5) is 4.79 Å². The molecule has 5 nitrogen and oxygen atoms in total. The predicted molar refractivity (Wildman–Crippen MR) is 80.1 cm³/mol. The van der Waals surface area contributed by atoms with Gasteiger partial charge < -0.3 is 19.5 Å². The highest BCUT2D eigenvalue weighted by Gasteiger charge is 2.60. The Hall–Kier alpha value is -0.810. The molecule has 122 valence electrons. The highest BCUT2D eigenvalue weighted by molar-refractivity contribution is 5.69. The Kier molecular flexibility index (Phi) is 3.62. The molecule has 0 bridgehead atoms. The van der Waals surface area contributed by atoms with Gasteiger partial charge in [0.05, 0.1) is 24.3 Å². The normalized spacial score (nSPS) is 29.9. The lowest BCUT2D eigenvalue weighted by Gasteiger charge is -2.52. The minimum Gasteiger partial charge on any atom is -0.444 e. The molecule has 0 radical (unpaired) electrons. The van der Waals surface area contributed by atoms with Gasteiger partial charge in [0.15, 0.2) is 0 Å². The van der Waals surface area contributed by atoms with Gasteiger partial charge >= 0.3 is 6.09 Å². The number of amides is 1. The first-order valence-corrected chi connectivity index (χ1v) is 7.65. The molecule has 2 fully saturated rings. The van der Waals surface area contributed by atoms with E-state index in [4.69, 9.17) is 9.47 Å². The van der Waals surface area contributed by atoms with E-state index in [-0.39, 0.29) is 17.6 Å². The number of aliphatic hydroxyl groups is 1. The van der Waals surface area contributed by atoms with Crippen LogP contribution < -0.4 is 0 Å². The molecule has 2 saturated heterocycles. The Morgan fingerprint density at radius 1 is 1.24 bits per heavy atom. The van der Waals surface area contributed by atoms with E-state index < -0.39 is 16.8 Å². The van der Waals surface area contributed by atoms with Crippen LogP contribution >= 0.6 is 0 Å². The second-order valence-electron chi connectivity index (χ2n) is 8.66. The van der Waals surface area contributed by atoms with E-state index in [1.165, 1.54) is 0 Å². The molecule has 2 heterocycles. The average Bonchev–Trinajstić information content (AvgIpc) is 2.39. The van der Waals surface area contributed by atoms with Crippen molar-refractivity contribution in [3.63, 3.8) is 0 Å². The number of nitrogens with zero attached hydrogens (tertiary/aromatic N) is 1. The van der Waals surface area contributed by atoms with E-state index in [1.54, 1.807) is 4.90 Å². The fraction of sp³-hybridized carbons (Fsp3) is 0.938. The molecule has 5 heteroatoms. The largest absolute Gasteiger partial charge is 0.444 e. The minimum absolute atomic E-state index is 0.0127. The van der Waals surface area contributed by atoms with Crippen LogP contribution in [0.5, 0.6) is 0 Å². The van der Waals surface area contributed by atoms with Crippen LogP contribution in [-0.2, 0) is 9.47 Å². The van der Waals surface area contributed by atoms with Gasteiger partial charge in [-0.2, -0.15) is 0 Å². The van der Waals surface area contributed by atoms with Gasteiger partial charge in [0.25, 0.3) is 0 Å². The third kappa shape index (κ3) is 3.34. The Bertz CT molecular complexity index is 430. The molecule has 0 aliphatic carbocycles. The van der Waals surface area contributed by atoms with Crippen LogP contribution in [-0.4, -0.2) is 51.6 Å². The fourth-order valence-electron chi connectivity index (χ4n) is 3.69. The monoisotopic (exact) mass is 299 g/mol. The number of β-amino-alcohol motifs (C(OH)–C–C–N with tert-alkyl or cyclic N) is 1. The molecule has 21 heavy (non-hydrogen) atoms. The van der Waals surface area contributed by atoms with Gasteiger partial charge in [-0.25, -0.2) is 4.79 Å². The summed E-state index contributed by atoms with van der Waals surface area (Å²) in [5.41, 5.74) is -2.02. The standard InChI is InChI=1S/C16H29NO4/c1-13(2,3)20-12(18)17-9-16(19,10-17)11-8-14(4,5)21-15(11,6)7/h11,19H,8-10H2,1-7H3. The maximum Gasteiger partial charge on any atom is 0.410 e. The molecule has 0 aromatic heterocycles. The third-order valence-corrected chi connectivity index (χ3v) is 4.30. The van der Waals surface area contributed by atoms with Crippen LogP contribution in [0.3, 0.4) is 0 Å². The summed E-state index contributed by atoms with van der Waals surface area (Å²) < 4.78 is 11.4. The van der Waals surface area contributed by atoms with Gasteiger partial charge in [0.2, 0.25) is 0 Å². The molecular formula is C16H29NO4. The number of carbonyl (C=O) groups is 1. The lowest BCUT2D eigenvalue weighted by molar-refractivity contribution is -0.166. The van der Waals surface area contributed by atoms with Crippen molar-refractivity contribution in [3.8, 4) is 0 Å². The summed E-state index contributed by atoms with van der Waals surface area (Å²) in [6.45, 7) is 14.3. The molecule has 1 atom stereocenters. The van der Waals surface area contributed by atoms with Gasteiger partial charge in [-0.1, -0.05) is 0 Å². The quantitative estimate of drug-likeness (QED) is 0.808. The van der Waals surface area contributed by atoms with Gasteiger partial charge in [0, 0.05) is 5.92 Å². The summed E-state index contributed by atoms with van der Waals surface area (Å²) in [5.74, 6) is 0.0127. The zero-order valence-electron chi connectivity index (χ0n) is 14.3. The highest BCUT2D eigenvalue weighted by Crippen LogP contribution is 2.49. The lowest BCUT2D eigenvalue weighted by Crippen LogP contribution is -2.69. The van der Waals surface area contributed by atoms with Crippen molar-refractivity contribution in [2.24, 2.45) is 5.92 Å². The van der Waals surface area contributed by atoms with E-state index >= 15 is 0 Å².